The van der Waals surface area contributed by atoms with E-state index in [2.05, 4.69) is 32.6 Å². The highest BCUT2D eigenvalue weighted by Crippen LogP contribution is 2.24. The van der Waals surface area contributed by atoms with Crippen molar-refractivity contribution in [3.63, 3.8) is 0 Å². The van der Waals surface area contributed by atoms with E-state index in [0.717, 1.165) is 38.8 Å². The van der Waals surface area contributed by atoms with Gasteiger partial charge in [0.25, 0.3) is 5.12 Å². The zero-order valence-corrected chi connectivity index (χ0v) is 38.2. The van der Waals surface area contributed by atoms with Crippen LogP contribution in [0, 0.1) is 0 Å². The van der Waals surface area contributed by atoms with Crippen LogP contribution in [0.4, 0.5) is 0 Å². The van der Waals surface area contributed by atoms with Crippen molar-refractivity contribution in [3.8, 4) is 0 Å². The molecule has 0 saturated carbocycles. The van der Waals surface area contributed by atoms with Crippen LogP contribution < -0.4 is 0 Å². The second-order valence-electron chi connectivity index (χ2n) is 15.6. The number of ketones is 1. The normalized spacial score (nSPS) is 12.6. The van der Waals surface area contributed by atoms with Crippen LogP contribution >= 0.6 is 11.8 Å². The van der Waals surface area contributed by atoms with Gasteiger partial charge < -0.3 is 13.3 Å². The number of carbonyl (C=O) groups excluding carboxylic acids is 2. The van der Waals surface area contributed by atoms with Crippen molar-refractivity contribution in [2.75, 3.05) is 32.1 Å². The maximum absolute atomic E-state index is 12.6. The molecule has 0 fully saturated rings. The molecule has 1 atom stereocenters. The maximum Gasteiger partial charge on any atom is 0.502 e. The molecule has 6 nitrogen and oxygen atoms in total. The fourth-order valence-electron chi connectivity index (χ4n) is 7.22. The number of unbranched alkanes of at least 4 members (excludes halogenated alkanes) is 25. The number of rotatable bonds is 43. The highest BCUT2D eigenvalue weighted by molar-refractivity contribution is 8.15. The van der Waals surface area contributed by atoms with Crippen molar-refractivity contribution in [1.82, 2.24) is 4.90 Å². The van der Waals surface area contributed by atoms with Gasteiger partial charge in [0.05, 0.1) is 0 Å². The first-order valence-electron chi connectivity index (χ1n) is 23.3. The molecule has 0 rings (SSSR count). The summed E-state index contributed by atoms with van der Waals surface area (Å²) in [6.07, 6.45) is 37.3. The quantitative estimate of drug-likeness (QED) is 0.0264. The average molecular weight is 786 g/mol. The van der Waals surface area contributed by atoms with E-state index in [-0.39, 0.29) is 17.1 Å². The lowest BCUT2D eigenvalue weighted by Gasteiger charge is -2.37. The summed E-state index contributed by atoms with van der Waals surface area (Å²) >= 11 is 1.17. The Balaban J connectivity index is 4.96. The Kier molecular flexibility index (Phi) is 39.8. The molecule has 0 saturated heterocycles. The number of hydrogen-bond acceptors (Lipinski definition) is 7. The topological polar surface area (TPSA) is 65.1 Å². The molecule has 316 valence electrons. The predicted octanol–water partition coefficient (Wildman–Crippen LogP) is 14.3. The van der Waals surface area contributed by atoms with Gasteiger partial charge in [-0.1, -0.05) is 193 Å². The van der Waals surface area contributed by atoms with E-state index in [1.807, 2.05) is 13.8 Å². The second kappa shape index (κ2) is 40.0. The van der Waals surface area contributed by atoms with Crippen LogP contribution in [0.25, 0.3) is 0 Å². The molecule has 0 spiro atoms. The van der Waals surface area contributed by atoms with Gasteiger partial charge >= 0.3 is 8.80 Å². The minimum absolute atomic E-state index is 0.0839. The summed E-state index contributed by atoms with van der Waals surface area (Å²) in [4.78, 5) is 27.7. The first-order chi connectivity index (χ1) is 25.9. The molecule has 8 heteroatoms. The Morgan fingerprint density at radius 3 is 1.25 bits per heavy atom. The SMILES string of the molecule is CCCCCCCCCCCCN(CCCCCCCCCCCC)C(C)O[Si](CCCSC(=O)C(=O)CCCCCCCCCC)(OCC)OCC. The Morgan fingerprint density at radius 2 is 0.868 bits per heavy atom. The van der Waals surface area contributed by atoms with Crippen LogP contribution in [-0.2, 0) is 22.9 Å². The van der Waals surface area contributed by atoms with E-state index in [1.54, 1.807) is 0 Å². The van der Waals surface area contributed by atoms with Crippen LogP contribution in [0.5, 0.6) is 0 Å². The van der Waals surface area contributed by atoms with Crippen molar-refractivity contribution < 1.29 is 22.9 Å². The van der Waals surface area contributed by atoms with Gasteiger partial charge in [0.15, 0.2) is 0 Å². The van der Waals surface area contributed by atoms with E-state index >= 15 is 0 Å². The summed E-state index contributed by atoms with van der Waals surface area (Å²) in [5.41, 5.74) is 0. The van der Waals surface area contributed by atoms with Gasteiger partial charge in [-0.3, -0.25) is 14.5 Å². The molecule has 0 aromatic heterocycles. The summed E-state index contributed by atoms with van der Waals surface area (Å²) in [5.74, 6) is 0.369. The first kappa shape index (κ1) is 52.7. The van der Waals surface area contributed by atoms with Gasteiger partial charge in [-0.2, -0.15) is 0 Å². The van der Waals surface area contributed by atoms with E-state index < -0.39 is 8.80 Å². The zero-order chi connectivity index (χ0) is 39.1. The molecule has 0 aliphatic heterocycles. The summed E-state index contributed by atoms with van der Waals surface area (Å²) in [6, 6.07) is 0.663. The van der Waals surface area contributed by atoms with Gasteiger partial charge in [-0.15, -0.1) is 0 Å². The molecule has 0 aliphatic carbocycles. The van der Waals surface area contributed by atoms with Crippen molar-refractivity contribution in [2.24, 2.45) is 0 Å². The van der Waals surface area contributed by atoms with Gasteiger partial charge in [0.2, 0.25) is 5.78 Å². The number of hydrogen-bond donors (Lipinski definition) is 0. The number of Topliss-reactive ketones (excluding diaryl/α,β-unsaturated/α-hetero) is 1. The van der Waals surface area contributed by atoms with E-state index in [0.29, 0.717) is 31.4 Å². The van der Waals surface area contributed by atoms with Crippen LogP contribution in [-0.4, -0.2) is 62.9 Å². The highest BCUT2D eigenvalue weighted by atomic mass is 32.2. The van der Waals surface area contributed by atoms with Crippen molar-refractivity contribution in [2.45, 2.75) is 246 Å². The number of nitrogens with zero attached hydrogens (tertiary/aromatic N) is 1. The van der Waals surface area contributed by atoms with Gasteiger partial charge in [-0.25, -0.2) is 0 Å². The fourth-order valence-corrected chi connectivity index (χ4v) is 11.0. The standard InChI is InChI=1S/C45H91NO5SSi/c1-7-12-15-18-21-24-26-29-32-35-39-46(40-36-33-30-27-25-22-19-16-13-8-2)43(6)51-53(49-10-4,50-11-5)42-37-41-52-45(48)44(47)38-34-31-28-23-20-17-14-9-3/h43H,7-42H2,1-6H3. The van der Waals surface area contributed by atoms with Gasteiger partial charge in [-0.05, 0) is 46.5 Å². The smallest absolute Gasteiger partial charge is 0.374 e. The van der Waals surface area contributed by atoms with Crippen LogP contribution in [0.2, 0.25) is 6.04 Å². The third-order valence-electron chi connectivity index (χ3n) is 10.5. The van der Waals surface area contributed by atoms with E-state index in [9.17, 15) is 9.59 Å². The Bertz CT molecular complexity index is 773. The molecule has 0 N–H and O–H groups in total. The molecule has 53 heavy (non-hydrogen) atoms. The summed E-state index contributed by atoms with van der Waals surface area (Å²) in [7, 11) is -2.97. The predicted molar refractivity (Wildman–Crippen MR) is 234 cm³/mol. The minimum Gasteiger partial charge on any atom is -0.374 e. The second-order valence-corrected chi connectivity index (χ2v) is 19.3. The largest absolute Gasteiger partial charge is 0.502 e. The van der Waals surface area contributed by atoms with Gasteiger partial charge in [0, 0.05) is 44.5 Å². The third kappa shape index (κ3) is 32.5. The Morgan fingerprint density at radius 1 is 0.509 bits per heavy atom. The number of carbonyl (C=O) groups is 2. The van der Waals surface area contributed by atoms with Crippen molar-refractivity contribution in [3.05, 3.63) is 0 Å². The summed E-state index contributed by atoms with van der Waals surface area (Å²) < 4.78 is 19.6. The lowest BCUT2D eigenvalue weighted by Crippen LogP contribution is -2.52. The monoisotopic (exact) mass is 786 g/mol. The van der Waals surface area contributed by atoms with Gasteiger partial charge in [0.1, 0.15) is 6.23 Å². The maximum atomic E-state index is 12.6. The fraction of sp³-hybridized carbons (Fsp3) is 0.956. The van der Waals surface area contributed by atoms with Crippen LogP contribution in [0.3, 0.4) is 0 Å². The number of thioether (sulfide) groups is 1. The molecule has 0 amide bonds. The summed E-state index contributed by atoms with van der Waals surface area (Å²) in [5, 5.41) is -0.290. The summed E-state index contributed by atoms with van der Waals surface area (Å²) in [6.45, 7) is 16.2. The highest BCUT2D eigenvalue weighted by Gasteiger charge is 2.42. The van der Waals surface area contributed by atoms with Crippen molar-refractivity contribution in [1.29, 1.82) is 0 Å². The molecule has 0 aliphatic rings. The molecular formula is C45H91NO5SSi. The molecule has 0 heterocycles. The molecule has 1 unspecified atom stereocenters. The molecule has 0 aromatic carbocycles. The average Bonchev–Trinajstić information content (AvgIpc) is 3.15. The molecule has 0 radical (unpaired) electrons. The lowest BCUT2D eigenvalue weighted by atomic mass is 10.1. The Labute approximate surface area is 336 Å². The molecular weight excluding hydrogens is 695 g/mol. The minimum atomic E-state index is -2.97. The first-order valence-corrected chi connectivity index (χ1v) is 26.2. The van der Waals surface area contributed by atoms with Crippen LogP contribution in [0.1, 0.15) is 234 Å². The Hall–Kier alpha value is -0.253. The van der Waals surface area contributed by atoms with E-state index in [4.69, 9.17) is 13.3 Å². The van der Waals surface area contributed by atoms with E-state index in [1.165, 1.54) is 172 Å². The molecule has 0 aromatic rings. The third-order valence-corrected chi connectivity index (χ3v) is 14.6. The molecule has 0 bridgehead atoms. The zero-order valence-electron chi connectivity index (χ0n) is 36.4. The lowest BCUT2D eigenvalue weighted by molar-refractivity contribution is -0.131. The van der Waals surface area contributed by atoms with Crippen molar-refractivity contribution >= 4 is 31.5 Å². The van der Waals surface area contributed by atoms with Crippen LogP contribution in [0.15, 0.2) is 0 Å².